The molecule has 2 nitrogen and oxygen atoms in total. The van der Waals surface area contributed by atoms with E-state index in [2.05, 4.69) is 217 Å². The van der Waals surface area contributed by atoms with Gasteiger partial charge in [-0.3, -0.25) is 0 Å². The molecule has 276 valence electrons. The molecule has 0 saturated carbocycles. The SMILES string of the molecule is CC12c3ccccc3-c3cccc(c31)N(c1ccc(-c3ccc4c(c3)sc3ccccc34)cc1)c1ccc(-c3cccc4c3c3ccccc3n4-c3ccccc3)cc12. The minimum absolute atomic E-state index is 0.337. The van der Waals surface area contributed by atoms with Gasteiger partial charge >= 0.3 is 0 Å². The molecule has 3 heterocycles. The lowest BCUT2D eigenvalue weighted by atomic mass is 9.70. The maximum absolute atomic E-state index is 2.51. The first-order valence-corrected chi connectivity index (χ1v) is 21.2. The molecule has 0 N–H and O–H groups in total. The zero-order chi connectivity index (χ0) is 38.8. The standard InChI is InChI=1S/C56H36N2S/c1-56-46-20-8-5-15-41(46)44-19-12-23-51(55(44)56)58(39-29-25-35(26-30-39)36-27-31-43-42-16-7-10-24-52(42)59-53(43)34-36)49-32-28-37(33-47(49)56)40-18-11-22-50-54(40)45-17-6-9-21-48(45)57(50)38-13-3-2-4-14-38/h2-34H,1H3. The molecule has 9 aromatic carbocycles. The lowest BCUT2D eigenvalue weighted by molar-refractivity contribution is 0.702. The monoisotopic (exact) mass is 768 g/mol. The summed E-state index contributed by atoms with van der Waals surface area (Å²) in [5.41, 5.74) is 18.5. The lowest BCUT2D eigenvalue weighted by Crippen LogP contribution is -2.32. The van der Waals surface area contributed by atoms with Crippen LogP contribution >= 0.6 is 11.3 Å². The van der Waals surface area contributed by atoms with Crippen LogP contribution < -0.4 is 4.90 Å². The number of anilines is 3. The zero-order valence-electron chi connectivity index (χ0n) is 32.4. The van der Waals surface area contributed by atoms with Crippen LogP contribution in [0.3, 0.4) is 0 Å². The van der Waals surface area contributed by atoms with E-state index in [1.807, 2.05) is 11.3 Å². The van der Waals surface area contributed by atoms with Gasteiger partial charge in [0.1, 0.15) is 0 Å². The second-order valence-corrected chi connectivity index (χ2v) is 17.3. The number of rotatable bonds is 4. The second kappa shape index (κ2) is 12.2. The van der Waals surface area contributed by atoms with Gasteiger partial charge in [-0.25, -0.2) is 0 Å². The molecule has 3 heteroatoms. The summed E-state index contributed by atoms with van der Waals surface area (Å²) in [5.74, 6) is 0. The summed E-state index contributed by atoms with van der Waals surface area (Å²) in [6.07, 6.45) is 0. The minimum atomic E-state index is -0.337. The van der Waals surface area contributed by atoms with Gasteiger partial charge in [0, 0.05) is 47.7 Å². The number of hydrogen-bond acceptors (Lipinski definition) is 2. The Morgan fingerprint density at radius 2 is 1.08 bits per heavy atom. The van der Waals surface area contributed by atoms with E-state index in [0.29, 0.717) is 0 Å². The smallest absolute Gasteiger partial charge is 0.0547 e. The Hall–Kier alpha value is -7.20. The Kier molecular flexibility index (Phi) is 6.77. The molecule has 0 saturated heterocycles. The summed E-state index contributed by atoms with van der Waals surface area (Å²) < 4.78 is 5.07. The summed E-state index contributed by atoms with van der Waals surface area (Å²) in [4.78, 5) is 2.51. The number of fused-ring (bicyclic) bond motifs is 11. The fourth-order valence-electron chi connectivity index (χ4n) is 10.6. The van der Waals surface area contributed by atoms with E-state index in [-0.39, 0.29) is 5.41 Å². The van der Waals surface area contributed by atoms with E-state index in [1.54, 1.807) is 0 Å². The number of aromatic nitrogens is 1. The van der Waals surface area contributed by atoms with Gasteiger partial charge in [-0.2, -0.15) is 0 Å². The van der Waals surface area contributed by atoms with Crippen LogP contribution in [0.15, 0.2) is 200 Å². The minimum Gasteiger partial charge on any atom is -0.310 e. The molecule has 2 aliphatic rings. The van der Waals surface area contributed by atoms with E-state index in [0.717, 1.165) is 5.69 Å². The van der Waals surface area contributed by atoms with Crippen LogP contribution in [0.5, 0.6) is 0 Å². The lowest BCUT2D eigenvalue weighted by Gasteiger charge is -2.42. The van der Waals surface area contributed by atoms with Gasteiger partial charge < -0.3 is 9.47 Å². The van der Waals surface area contributed by atoms with Gasteiger partial charge in [0.05, 0.1) is 22.4 Å². The van der Waals surface area contributed by atoms with Gasteiger partial charge in [0.25, 0.3) is 0 Å². The summed E-state index contributed by atoms with van der Waals surface area (Å²) in [7, 11) is 0. The van der Waals surface area contributed by atoms with Crippen molar-refractivity contribution >= 4 is 70.4 Å². The molecule has 0 fully saturated rings. The third kappa shape index (κ3) is 4.51. The third-order valence-electron chi connectivity index (χ3n) is 13.2. The van der Waals surface area contributed by atoms with Gasteiger partial charge in [0.2, 0.25) is 0 Å². The number of benzene rings is 9. The van der Waals surface area contributed by atoms with Crippen LogP contribution in [0.4, 0.5) is 17.1 Å². The highest BCUT2D eigenvalue weighted by Gasteiger charge is 2.48. The Bertz CT molecular complexity index is 3520. The highest BCUT2D eigenvalue weighted by molar-refractivity contribution is 7.25. The molecular weight excluding hydrogens is 733 g/mol. The van der Waals surface area contributed by atoms with E-state index in [4.69, 9.17) is 0 Å². The Morgan fingerprint density at radius 3 is 1.98 bits per heavy atom. The molecule has 1 atom stereocenters. The van der Waals surface area contributed by atoms with E-state index < -0.39 is 0 Å². The second-order valence-electron chi connectivity index (χ2n) is 16.2. The van der Waals surface area contributed by atoms with Crippen molar-refractivity contribution in [1.29, 1.82) is 0 Å². The van der Waals surface area contributed by atoms with E-state index >= 15 is 0 Å². The fourth-order valence-corrected chi connectivity index (χ4v) is 11.7. The van der Waals surface area contributed by atoms with Crippen molar-refractivity contribution in [2.24, 2.45) is 0 Å². The normalized spacial score (nSPS) is 15.2. The largest absolute Gasteiger partial charge is 0.310 e. The number of hydrogen-bond donors (Lipinski definition) is 0. The van der Waals surface area contributed by atoms with Crippen LogP contribution in [-0.4, -0.2) is 4.57 Å². The number of thiophene rings is 1. The molecule has 0 bridgehead atoms. The van der Waals surface area contributed by atoms with Crippen molar-refractivity contribution in [3.63, 3.8) is 0 Å². The quantitative estimate of drug-likeness (QED) is 0.173. The number of nitrogens with zero attached hydrogens (tertiary/aromatic N) is 2. The maximum atomic E-state index is 2.51. The van der Waals surface area contributed by atoms with Crippen molar-refractivity contribution in [1.82, 2.24) is 4.57 Å². The van der Waals surface area contributed by atoms with E-state index in [1.165, 1.54) is 109 Å². The van der Waals surface area contributed by atoms with Crippen LogP contribution in [0.25, 0.3) is 81.0 Å². The molecule has 11 aromatic rings. The van der Waals surface area contributed by atoms with Crippen LogP contribution in [0.2, 0.25) is 0 Å². The predicted molar refractivity (Wildman–Crippen MR) is 250 cm³/mol. The van der Waals surface area contributed by atoms with Gasteiger partial charge in [-0.15, -0.1) is 11.3 Å². The van der Waals surface area contributed by atoms with Crippen molar-refractivity contribution < 1.29 is 0 Å². The molecule has 2 aromatic heterocycles. The van der Waals surface area contributed by atoms with E-state index in [9.17, 15) is 0 Å². The van der Waals surface area contributed by atoms with Crippen LogP contribution in [-0.2, 0) is 5.41 Å². The molecule has 59 heavy (non-hydrogen) atoms. The molecule has 1 unspecified atom stereocenters. The summed E-state index contributed by atoms with van der Waals surface area (Å²) in [5, 5.41) is 5.21. The summed E-state index contributed by atoms with van der Waals surface area (Å²) in [6, 6.07) is 74.4. The zero-order valence-corrected chi connectivity index (χ0v) is 33.2. The Morgan fingerprint density at radius 1 is 0.407 bits per heavy atom. The average molecular weight is 769 g/mol. The van der Waals surface area contributed by atoms with Crippen molar-refractivity contribution in [3.8, 4) is 39.1 Å². The van der Waals surface area contributed by atoms with Crippen molar-refractivity contribution in [2.75, 3.05) is 4.90 Å². The highest BCUT2D eigenvalue weighted by Crippen LogP contribution is 2.62. The average Bonchev–Trinajstić information content (AvgIpc) is 3.93. The molecule has 0 radical (unpaired) electrons. The summed E-state index contributed by atoms with van der Waals surface area (Å²) in [6.45, 7) is 2.45. The molecular formula is C56H36N2S. The first kappa shape index (κ1) is 32.8. The molecule has 0 amide bonds. The fraction of sp³-hybridized carbons (Fsp3) is 0.0357. The Balaban J connectivity index is 1.00. The third-order valence-corrected chi connectivity index (χ3v) is 14.3. The first-order valence-electron chi connectivity index (χ1n) is 20.4. The van der Waals surface area contributed by atoms with Crippen molar-refractivity contribution in [3.05, 3.63) is 217 Å². The Labute approximate surface area is 346 Å². The van der Waals surface area contributed by atoms with Gasteiger partial charge in [-0.05, 0) is 124 Å². The van der Waals surface area contributed by atoms with Gasteiger partial charge in [0.15, 0.2) is 0 Å². The highest BCUT2D eigenvalue weighted by atomic mass is 32.1. The van der Waals surface area contributed by atoms with Crippen LogP contribution in [0.1, 0.15) is 23.6 Å². The molecule has 13 rings (SSSR count). The topological polar surface area (TPSA) is 8.17 Å². The molecule has 1 aliphatic carbocycles. The predicted octanol–water partition coefficient (Wildman–Crippen LogP) is 15.6. The molecule has 0 spiro atoms. The first-order chi connectivity index (χ1) is 29.1. The maximum Gasteiger partial charge on any atom is 0.0547 e. The van der Waals surface area contributed by atoms with Crippen LogP contribution in [0, 0.1) is 0 Å². The van der Waals surface area contributed by atoms with Gasteiger partial charge in [-0.1, -0.05) is 133 Å². The molecule has 1 aliphatic heterocycles. The summed E-state index contributed by atoms with van der Waals surface area (Å²) >= 11 is 1.87. The van der Waals surface area contributed by atoms with Crippen molar-refractivity contribution in [2.45, 2.75) is 12.3 Å². The number of para-hydroxylation sites is 2.